The fourth-order valence-corrected chi connectivity index (χ4v) is 0.893. The normalized spacial score (nSPS) is 13.2. The third-order valence-electron chi connectivity index (χ3n) is 1.73. The van der Waals surface area contributed by atoms with Crippen molar-refractivity contribution in [3.63, 3.8) is 0 Å². The largest absolute Gasteiger partial charge is 0.416 e. The van der Waals surface area contributed by atoms with E-state index in [2.05, 4.69) is 4.98 Å². The van der Waals surface area contributed by atoms with Crippen LogP contribution in [0.2, 0.25) is 0 Å². The molecule has 88 valence electrons. The summed E-state index contributed by atoms with van der Waals surface area (Å²) in [6, 6.07) is 4.46. The molecule has 1 aromatic heterocycles. The van der Waals surface area contributed by atoms with Crippen molar-refractivity contribution in [3.05, 3.63) is 30.1 Å². The van der Waals surface area contributed by atoms with E-state index in [1.54, 1.807) is 6.07 Å². The van der Waals surface area contributed by atoms with Gasteiger partial charge in [0.2, 0.25) is 0 Å². The van der Waals surface area contributed by atoms with Crippen LogP contribution in [0.4, 0.5) is 13.2 Å². The molecule has 0 saturated carbocycles. The van der Waals surface area contributed by atoms with Crippen LogP contribution in [0.1, 0.15) is 10.5 Å². The second-order valence-electron chi connectivity index (χ2n) is 2.98. The average molecular weight is 234 g/mol. The van der Waals surface area contributed by atoms with Crippen molar-refractivity contribution in [1.29, 1.82) is 0 Å². The number of halogens is 3. The summed E-state index contributed by atoms with van der Waals surface area (Å²) >= 11 is 0. The molecule has 0 aliphatic carbocycles. The molecule has 0 radical (unpaired) electrons. The molecule has 0 aromatic carbocycles. The van der Waals surface area contributed by atoms with Crippen LogP contribution in [0.15, 0.2) is 24.4 Å². The van der Waals surface area contributed by atoms with E-state index in [4.69, 9.17) is 5.11 Å². The van der Waals surface area contributed by atoms with E-state index >= 15 is 0 Å². The maximum absolute atomic E-state index is 11.9. The molecule has 1 atom stereocenters. The Morgan fingerprint density at radius 3 is 2.69 bits per heavy atom. The molecule has 7 heteroatoms. The minimum absolute atomic E-state index is 0.00289. The number of hydrogen-bond donors (Lipinski definition) is 2. The Morgan fingerprint density at radius 1 is 1.50 bits per heavy atom. The highest BCUT2D eigenvalue weighted by molar-refractivity contribution is 5.92. The number of nitrogens with zero attached hydrogens (tertiary/aromatic N) is 1. The van der Waals surface area contributed by atoms with Crippen LogP contribution in [0.5, 0.6) is 0 Å². The summed E-state index contributed by atoms with van der Waals surface area (Å²) in [7, 11) is 0. The monoisotopic (exact) mass is 234 g/mol. The highest BCUT2D eigenvalue weighted by Crippen LogP contribution is 2.19. The highest BCUT2D eigenvalue weighted by Gasteiger charge is 2.38. The van der Waals surface area contributed by atoms with Crippen molar-refractivity contribution in [2.24, 2.45) is 0 Å². The number of rotatable bonds is 3. The number of carbonyl (C=O) groups is 1. The van der Waals surface area contributed by atoms with Crippen LogP contribution in [-0.4, -0.2) is 34.8 Å². The van der Waals surface area contributed by atoms with Gasteiger partial charge in [-0.25, -0.2) is 0 Å². The Balaban J connectivity index is 2.48. The number of aromatic nitrogens is 1. The fourth-order valence-electron chi connectivity index (χ4n) is 0.893. The van der Waals surface area contributed by atoms with Crippen molar-refractivity contribution >= 4 is 5.91 Å². The Kier molecular flexibility index (Phi) is 3.83. The van der Waals surface area contributed by atoms with Crippen LogP contribution in [0, 0.1) is 0 Å². The lowest BCUT2D eigenvalue weighted by Crippen LogP contribution is -2.40. The third-order valence-corrected chi connectivity index (χ3v) is 1.73. The van der Waals surface area contributed by atoms with Gasteiger partial charge in [-0.2, -0.15) is 13.2 Å². The van der Waals surface area contributed by atoms with Crippen molar-refractivity contribution in [1.82, 2.24) is 10.3 Å². The van der Waals surface area contributed by atoms with Gasteiger partial charge in [-0.15, -0.1) is 0 Å². The van der Waals surface area contributed by atoms with Crippen LogP contribution in [-0.2, 0) is 0 Å². The second-order valence-corrected chi connectivity index (χ2v) is 2.98. The average Bonchev–Trinajstić information content (AvgIpc) is 2.25. The summed E-state index contributed by atoms with van der Waals surface area (Å²) in [5, 5.41) is 10.6. The molecule has 0 aliphatic rings. The van der Waals surface area contributed by atoms with Gasteiger partial charge in [0.15, 0.2) is 6.10 Å². The van der Waals surface area contributed by atoms with E-state index < -0.39 is 24.7 Å². The van der Waals surface area contributed by atoms with E-state index in [-0.39, 0.29) is 5.69 Å². The lowest BCUT2D eigenvalue weighted by Gasteiger charge is -2.14. The maximum Gasteiger partial charge on any atom is 0.416 e. The summed E-state index contributed by atoms with van der Waals surface area (Å²) in [5.41, 5.74) is -0.00289. The topological polar surface area (TPSA) is 62.2 Å². The van der Waals surface area contributed by atoms with Gasteiger partial charge in [0.05, 0.1) is 6.54 Å². The summed E-state index contributed by atoms with van der Waals surface area (Å²) < 4.78 is 35.7. The summed E-state index contributed by atoms with van der Waals surface area (Å²) in [5.74, 6) is -0.760. The zero-order chi connectivity index (χ0) is 12.2. The summed E-state index contributed by atoms with van der Waals surface area (Å²) in [4.78, 5) is 14.9. The second kappa shape index (κ2) is 4.93. The van der Waals surface area contributed by atoms with Gasteiger partial charge in [-0.05, 0) is 12.1 Å². The molecule has 0 saturated heterocycles. The first-order valence-corrected chi connectivity index (χ1v) is 4.35. The van der Waals surface area contributed by atoms with Crippen LogP contribution in [0.3, 0.4) is 0 Å². The van der Waals surface area contributed by atoms with Crippen molar-refractivity contribution in [2.45, 2.75) is 12.3 Å². The molecule has 0 fully saturated rings. The van der Waals surface area contributed by atoms with E-state index in [0.717, 1.165) is 0 Å². The predicted molar refractivity (Wildman–Crippen MR) is 48.6 cm³/mol. The van der Waals surface area contributed by atoms with Crippen LogP contribution < -0.4 is 5.32 Å². The van der Waals surface area contributed by atoms with E-state index in [1.807, 2.05) is 5.32 Å². The van der Waals surface area contributed by atoms with Crippen molar-refractivity contribution < 1.29 is 23.1 Å². The zero-order valence-electron chi connectivity index (χ0n) is 8.03. The van der Waals surface area contributed by atoms with E-state index in [1.165, 1.54) is 18.3 Å². The van der Waals surface area contributed by atoms with Gasteiger partial charge in [-0.1, -0.05) is 6.07 Å². The van der Waals surface area contributed by atoms with E-state index in [0.29, 0.717) is 0 Å². The standard InChI is InChI=1S/C9H9F3N2O2/c10-9(11,12)7(15)5-14-8(16)6-3-1-2-4-13-6/h1-4,7,15H,5H2,(H,14,16)/t7-/m1/s1. The fraction of sp³-hybridized carbons (Fsp3) is 0.333. The molecule has 0 bridgehead atoms. The van der Waals surface area contributed by atoms with Crippen molar-refractivity contribution in [2.75, 3.05) is 6.54 Å². The molecule has 1 aromatic rings. The molecule has 0 aliphatic heterocycles. The van der Waals surface area contributed by atoms with Gasteiger partial charge in [0.25, 0.3) is 5.91 Å². The predicted octanol–water partition coefficient (Wildman–Crippen LogP) is 0.735. The lowest BCUT2D eigenvalue weighted by atomic mass is 10.3. The van der Waals surface area contributed by atoms with Crippen LogP contribution >= 0.6 is 0 Å². The van der Waals surface area contributed by atoms with Gasteiger partial charge in [0, 0.05) is 6.20 Å². The minimum atomic E-state index is -4.74. The zero-order valence-corrected chi connectivity index (χ0v) is 8.03. The number of carbonyl (C=O) groups excluding carboxylic acids is 1. The first-order valence-electron chi connectivity index (χ1n) is 4.35. The molecular formula is C9H9F3N2O2. The first kappa shape index (κ1) is 12.4. The number of alkyl halides is 3. The van der Waals surface area contributed by atoms with Gasteiger partial charge < -0.3 is 10.4 Å². The molecule has 1 rings (SSSR count). The van der Waals surface area contributed by atoms with Gasteiger partial charge in [-0.3, -0.25) is 9.78 Å². The Labute approximate surface area is 89.1 Å². The summed E-state index contributed by atoms with van der Waals surface area (Å²) in [6.07, 6.45) is -5.97. The Hall–Kier alpha value is -1.63. The van der Waals surface area contributed by atoms with E-state index in [9.17, 15) is 18.0 Å². The number of pyridine rings is 1. The molecule has 1 amide bonds. The third kappa shape index (κ3) is 3.50. The Morgan fingerprint density at radius 2 is 2.19 bits per heavy atom. The molecule has 1 heterocycles. The molecule has 4 nitrogen and oxygen atoms in total. The molecule has 0 unspecified atom stereocenters. The smallest absolute Gasteiger partial charge is 0.382 e. The van der Waals surface area contributed by atoms with Gasteiger partial charge in [0.1, 0.15) is 5.69 Å². The lowest BCUT2D eigenvalue weighted by molar-refractivity contribution is -0.201. The van der Waals surface area contributed by atoms with Gasteiger partial charge >= 0.3 is 6.18 Å². The highest BCUT2D eigenvalue weighted by atomic mass is 19.4. The molecule has 0 spiro atoms. The quantitative estimate of drug-likeness (QED) is 0.810. The number of nitrogens with one attached hydrogen (secondary N) is 1. The first-order chi connectivity index (χ1) is 7.41. The molecular weight excluding hydrogens is 225 g/mol. The molecule has 16 heavy (non-hydrogen) atoms. The van der Waals surface area contributed by atoms with Crippen molar-refractivity contribution in [3.8, 4) is 0 Å². The molecule has 2 N–H and O–H groups in total. The Bertz CT molecular complexity index is 354. The number of hydrogen-bond acceptors (Lipinski definition) is 3. The summed E-state index contributed by atoms with van der Waals surface area (Å²) in [6.45, 7) is -0.890. The van der Waals surface area contributed by atoms with Crippen LogP contribution in [0.25, 0.3) is 0 Å². The number of amides is 1. The number of aliphatic hydroxyl groups is 1. The SMILES string of the molecule is O=C(NC[C@@H](O)C(F)(F)F)c1ccccn1. The maximum atomic E-state index is 11.9. The number of aliphatic hydroxyl groups excluding tert-OH is 1. The minimum Gasteiger partial charge on any atom is -0.382 e.